The average Bonchev–Trinajstić information content (AvgIpc) is 1.94. The Labute approximate surface area is 70.4 Å². The van der Waals surface area contributed by atoms with Crippen molar-refractivity contribution in [3.8, 4) is 0 Å². The second-order valence-corrected chi connectivity index (χ2v) is 4.00. The van der Waals surface area contributed by atoms with Crippen molar-refractivity contribution in [3.63, 3.8) is 0 Å². The molecule has 54 valence electrons. The summed E-state index contributed by atoms with van der Waals surface area (Å²) >= 11 is 2.56. The Morgan fingerprint density at radius 1 is 1.11 bits per heavy atom. The third-order valence-corrected chi connectivity index (χ3v) is 2.78. The van der Waals surface area contributed by atoms with Crippen LogP contribution in [0.25, 0.3) is 0 Å². The molecule has 1 saturated carbocycles. The van der Waals surface area contributed by atoms with Crippen LogP contribution in [0.1, 0.15) is 32.1 Å². The average molecular weight is 240 g/mol. The maximum atomic E-state index is 8.00. The van der Waals surface area contributed by atoms with Gasteiger partial charge < -0.3 is 4.79 Å². The minimum absolute atomic E-state index is 1.01. The van der Waals surface area contributed by atoms with Gasteiger partial charge in [0.05, 0.1) is 0 Å². The minimum Gasteiger partial charge on any atom is -0.307 e. The molecule has 0 spiro atoms. The molecule has 1 nitrogen and oxygen atoms in total. The van der Waals surface area contributed by atoms with Crippen molar-refractivity contribution < 1.29 is 4.79 Å². The first-order valence-electron chi connectivity index (χ1n) is 3.32. The highest BCUT2D eigenvalue weighted by Crippen LogP contribution is 2.23. The molecule has 0 heterocycles. The molecule has 0 bridgehead atoms. The molecule has 0 aromatic carbocycles. The summed E-state index contributed by atoms with van der Waals surface area (Å²) < 4.78 is 1.01. The Hall–Kier alpha value is 0.400. The first kappa shape index (κ1) is 9.40. The summed E-state index contributed by atoms with van der Waals surface area (Å²) in [5.41, 5.74) is 0. The lowest BCUT2D eigenvalue weighted by molar-refractivity contribution is -0.0979. The zero-order valence-electron chi connectivity index (χ0n) is 5.61. The van der Waals surface area contributed by atoms with Crippen molar-refractivity contribution in [2.75, 3.05) is 0 Å². The third kappa shape index (κ3) is 4.88. The van der Waals surface area contributed by atoms with Crippen LogP contribution >= 0.6 is 22.6 Å². The van der Waals surface area contributed by atoms with Crippen LogP contribution in [0, 0.1) is 0 Å². The van der Waals surface area contributed by atoms with Gasteiger partial charge in [-0.05, 0) is 12.8 Å². The monoisotopic (exact) mass is 240 g/mol. The fraction of sp³-hybridized carbons (Fsp3) is 0.857. The van der Waals surface area contributed by atoms with Crippen LogP contribution in [-0.2, 0) is 4.79 Å². The van der Waals surface area contributed by atoms with Crippen LogP contribution < -0.4 is 0 Å². The SMILES string of the molecule is C=O.IC1CCCCC1. The Bertz CT molecular complexity index is 59.9. The molecule has 0 aromatic rings. The summed E-state index contributed by atoms with van der Waals surface area (Å²) in [6, 6.07) is 0. The number of carbonyl (C=O) groups is 1. The largest absolute Gasteiger partial charge is 0.307 e. The van der Waals surface area contributed by atoms with Crippen molar-refractivity contribution in [1.82, 2.24) is 0 Å². The van der Waals surface area contributed by atoms with Crippen LogP contribution in [0.15, 0.2) is 0 Å². The number of hydrogen-bond donors (Lipinski definition) is 0. The summed E-state index contributed by atoms with van der Waals surface area (Å²) in [6.07, 6.45) is 7.39. The maximum Gasteiger partial charge on any atom is 0.106 e. The van der Waals surface area contributed by atoms with Crippen molar-refractivity contribution in [2.45, 2.75) is 36.0 Å². The summed E-state index contributed by atoms with van der Waals surface area (Å²) in [5, 5.41) is 0. The molecule has 1 fully saturated rings. The van der Waals surface area contributed by atoms with E-state index in [0.29, 0.717) is 0 Å². The van der Waals surface area contributed by atoms with E-state index in [1.54, 1.807) is 0 Å². The second kappa shape index (κ2) is 6.52. The van der Waals surface area contributed by atoms with E-state index < -0.39 is 0 Å². The van der Waals surface area contributed by atoms with Gasteiger partial charge >= 0.3 is 0 Å². The number of alkyl halides is 1. The molecule has 0 atom stereocenters. The molecule has 0 aliphatic heterocycles. The standard InChI is InChI=1S/C6H11I.CH2O/c7-6-4-2-1-3-5-6;1-2/h6H,1-5H2;1H2. The van der Waals surface area contributed by atoms with Gasteiger partial charge in [0, 0.05) is 3.92 Å². The molecule has 0 saturated heterocycles. The van der Waals surface area contributed by atoms with Crippen molar-refractivity contribution in [2.24, 2.45) is 0 Å². The van der Waals surface area contributed by atoms with Crippen LogP contribution in [0.2, 0.25) is 0 Å². The minimum atomic E-state index is 1.01. The molecule has 2 heteroatoms. The summed E-state index contributed by atoms with van der Waals surface area (Å²) in [6.45, 7) is 2.00. The van der Waals surface area contributed by atoms with Crippen molar-refractivity contribution in [3.05, 3.63) is 0 Å². The number of halogens is 1. The number of hydrogen-bond acceptors (Lipinski definition) is 1. The van der Waals surface area contributed by atoms with Gasteiger partial charge in [0.2, 0.25) is 0 Å². The third-order valence-electron chi connectivity index (χ3n) is 1.53. The zero-order chi connectivity index (χ0) is 7.11. The highest BCUT2D eigenvalue weighted by atomic mass is 127. The van der Waals surface area contributed by atoms with E-state index in [9.17, 15) is 0 Å². The molecule has 9 heavy (non-hydrogen) atoms. The van der Waals surface area contributed by atoms with E-state index in [1.165, 1.54) is 32.1 Å². The predicted molar refractivity (Wildman–Crippen MR) is 48.0 cm³/mol. The van der Waals surface area contributed by atoms with Gasteiger partial charge in [0.15, 0.2) is 0 Å². The normalized spacial score (nSPS) is 20.1. The second-order valence-electron chi connectivity index (χ2n) is 2.24. The Morgan fingerprint density at radius 2 is 1.56 bits per heavy atom. The smallest absolute Gasteiger partial charge is 0.106 e. The van der Waals surface area contributed by atoms with Crippen LogP contribution in [0.3, 0.4) is 0 Å². The fourth-order valence-corrected chi connectivity index (χ4v) is 1.93. The van der Waals surface area contributed by atoms with E-state index in [1.807, 2.05) is 6.79 Å². The number of rotatable bonds is 0. The topological polar surface area (TPSA) is 17.1 Å². The quantitative estimate of drug-likeness (QED) is 0.469. The lowest BCUT2D eigenvalue weighted by atomic mass is 10.0. The molecular formula is C7H13IO. The van der Waals surface area contributed by atoms with E-state index in [2.05, 4.69) is 22.6 Å². The van der Waals surface area contributed by atoms with Gasteiger partial charge in [0.25, 0.3) is 0 Å². The van der Waals surface area contributed by atoms with Gasteiger partial charge in [-0.2, -0.15) is 0 Å². The molecule has 1 aliphatic carbocycles. The van der Waals surface area contributed by atoms with Crippen LogP contribution in [0.5, 0.6) is 0 Å². The molecule has 0 N–H and O–H groups in total. The molecule has 1 rings (SSSR count). The fourth-order valence-electron chi connectivity index (χ4n) is 1.05. The molecule has 0 unspecified atom stereocenters. The van der Waals surface area contributed by atoms with Crippen LogP contribution in [-0.4, -0.2) is 10.7 Å². The first-order valence-corrected chi connectivity index (χ1v) is 4.57. The van der Waals surface area contributed by atoms with Crippen molar-refractivity contribution >= 4 is 29.4 Å². The van der Waals surface area contributed by atoms with Gasteiger partial charge in [0.1, 0.15) is 6.79 Å². The first-order chi connectivity index (χ1) is 4.39. The lowest BCUT2D eigenvalue weighted by Gasteiger charge is -2.13. The van der Waals surface area contributed by atoms with Gasteiger partial charge in [-0.25, -0.2) is 0 Å². The highest BCUT2D eigenvalue weighted by molar-refractivity contribution is 14.1. The van der Waals surface area contributed by atoms with Gasteiger partial charge in [-0.3, -0.25) is 0 Å². The van der Waals surface area contributed by atoms with Gasteiger partial charge in [-0.15, -0.1) is 0 Å². The Kier molecular flexibility index (Phi) is 6.81. The van der Waals surface area contributed by atoms with Crippen LogP contribution in [0.4, 0.5) is 0 Å². The molecule has 0 aromatic heterocycles. The van der Waals surface area contributed by atoms with Crippen molar-refractivity contribution in [1.29, 1.82) is 0 Å². The Morgan fingerprint density at radius 3 is 1.78 bits per heavy atom. The van der Waals surface area contributed by atoms with E-state index in [4.69, 9.17) is 4.79 Å². The van der Waals surface area contributed by atoms with E-state index in [0.717, 1.165) is 3.92 Å². The summed E-state index contributed by atoms with van der Waals surface area (Å²) in [7, 11) is 0. The Balaban J connectivity index is 0.000000291. The lowest BCUT2D eigenvalue weighted by Crippen LogP contribution is -2.02. The summed E-state index contributed by atoms with van der Waals surface area (Å²) in [5.74, 6) is 0. The molecule has 0 amide bonds. The van der Waals surface area contributed by atoms with E-state index in [-0.39, 0.29) is 0 Å². The van der Waals surface area contributed by atoms with E-state index >= 15 is 0 Å². The predicted octanol–water partition coefficient (Wildman–Crippen LogP) is 2.57. The molecular weight excluding hydrogens is 227 g/mol. The number of carbonyl (C=O) groups excluding carboxylic acids is 1. The zero-order valence-corrected chi connectivity index (χ0v) is 7.76. The summed E-state index contributed by atoms with van der Waals surface area (Å²) in [4.78, 5) is 8.00. The highest BCUT2D eigenvalue weighted by Gasteiger charge is 2.07. The van der Waals surface area contributed by atoms with Gasteiger partial charge in [-0.1, -0.05) is 41.9 Å². The molecule has 1 aliphatic rings. The maximum absolute atomic E-state index is 8.00. The molecule has 0 radical (unpaired) electrons.